The van der Waals surface area contributed by atoms with Gasteiger partial charge in [0.1, 0.15) is 5.82 Å². The Bertz CT molecular complexity index is 435. The molecule has 1 saturated heterocycles. The Balaban J connectivity index is 2.23. The monoisotopic (exact) mass is 272 g/mol. The average molecular weight is 273 g/mol. The summed E-state index contributed by atoms with van der Waals surface area (Å²) in [5, 5.41) is 9.23. The van der Waals surface area contributed by atoms with Crippen LogP contribution in [0, 0.1) is 0 Å². The molecular formula is C11H13ClN2O2S. The number of carboxylic acids is 1. The molecule has 1 aliphatic heterocycles. The summed E-state index contributed by atoms with van der Waals surface area (Å²) in [5.41, 5.74) is 0.118. The molecule has 0 aromatic carbocycles. The van der Waals surface area contributed by atoms with Crippen molar-refractivity contribution in [1.29, 1.82) is 0 Å². The molecule has 0 amide bonds. The molecular weight excluding hydrogens is 260 g/mol. The summed E-state index contributed by atoms with van der Waals surface area (Å²) in [4.78, 5) is 17.0. The Morgan fingerprint density at radius 3 is 3.00 bits per heavy atom. The molecule has 0 radical (unpaired) electrons. The molecule has 1 N–H and O–H groups in total. The molecule has 0 spiro atoms. The molecule has 1 fully saturated rings. The molecule has 1 aromatic heterocycles. The van der Waals surface area contributed by atoms with E-state index in [2.05, 4.69) is 4.98 Å². The van der Waals surface area contributed by atoms with E-state index >= 15 is 0 Å². The molecule has 2 heterocycles. The van der Waals surface area contributed by atoms with Crippen LogP contribution in [0.15, 0.2) is 12.3 Å². The van der Waals surface area contributed by atoms with Crippen LogP contribution in [0.1, 0.15) is 16.8 Å². The summed E-state index contributed by atoms with van der Waals surface area (Å²) < 4.78 is 0. The molecule has 1 unspecified atom stereocenters. The van der Waals surface area contributed by atoms with Crippen LogP contribution >= 0.6 is 23.4 Å². The predicted molar refractivity (Wildman–Crippen MR) is 70.3 cm³/mol. The lowest BCUT2D eigenvalue weighted by Crippen LogP contribution is -2.32. The van der Waals surface area contributed by atoms with Crippen molar-refractivity contribution >= 4 is 35.1 Å². The van der Waals surface area contributed by atoms with Gasteiger partial charge in [0.05, 0.1) is 10.6 Å². The van der Waals surface area contributed by atoms with E-state index in [0.717, 1.165) is 17.9 Å². The predicted octanol–water partition coefficient (Wildman–Crippen LogP) is 2.37. The van der Waals surface area contributed by atoms with Crippen molar-refractivity contribution in [3.8, 4) is 0 Å². The molecule has 92 valence electrons. The van der Waals surface area contributed by atoms with Crippen LogP contribution < -0.4 is 4.90 Å². The molecule has 0 bridgehead atoms. The second kappa shape index (κ2) is 5.14. The third kappa shape index (κ3) is 2.66. The highest BCUT2D eigenvalue weighted by molar-refractivity contribution is 7.99. The fraction of sp³-hybridized carbons (Fsp3) is 0.455. The molecule has 6 heteroatoms. The summed E-state index contributed by atoms with van der Waals surface area (Å²) in [6, 6.07) is 1.88. The van der Waals surface area contributed by atoms with Crippen molar-refractivity contribution in [2.24, 2.45) is 0 Å². The number of rotatable bonds is 3. The third-order valence-electron chi connectivity index (χ3n) is 2.86. The van der Waals surface area contributed by atoms with E-state index in [0.29, 0.717) is 16.9 Å². The lowest BCUT2D eigenvalue weighted by molar-refractivity contribution is 0.0696. The number of halogens is 1. The van der Waals surface area contributed by atoms with Gasteiger partial charge in [-0.05, 0) is 18.2 Å². The summed E-state index contributed by atoms with van der Waals surface area (Å²) in [5.74, 6) is 1.86. The zero-order chi connectivity index (χ0) is 12.4. The Morgan fingerprint density at radius 1 is 1.71 bits per heavy atom. The number of thioether (sulfide) groups is 1. The smallest absolute Gasteiger partial charge is 0.337 e. The van der Waals surface area contributed by atoms with Gasteiger partial charge < -0.3 is 10.0 Å². The van der Waals surface area contributed by atoms with E-state index in [1.807, 2.05) is 23.7 Å². The summed E-state index contributed by atoms with van der Waals surface area (Å²) in [7, 11) is 1.95. The standard InChI is InChI=1S/C11H13ClN2O2S/c1-14(8-2-3-17-6-8)10-9(12)4-7(5-13-10)11(15)16/h4-5,8H,2-3,6H2,1H3,(H,15,16). The molecule has 0 aliphatic carbocycles. The fourth-order valence-electron chi connectivity index (χ4n) is 1.81. The molecule has 0 saturated carbocycles. The van der Waals surface area contributed by atoms with Crippen LogP contribution in [0.2, 0.25) is 5.02 Å². The zero-order valence-electron chi connectivity index (χ0n) is 9.39. The number of carbonyl (C=O) groups is 1. The van der Waals surface area contributed by atoms with Crippen molar-refractivity contribution in [3.63, 3.8) is 0 Å². The van der Waals surface area contributed by atoms with Crippen molar-refractivity contribution < 1.29 is 9.90 Å². The topological polar surface area (TPSA) is 53.4 Å². The van der Waals surface area contributed by atoms with Crippen molar-refractivity contribution in [1.82, 2.24) is 4.98 Å². The second-order valence-electron chi connectivity index (χ2n) is 3.96. The van der Waals surface area contributed by atoms with E-state index in [1.165, 1.54) is 12.3 Å². The molecule has 2 rings (SSSR count). The van der Waals surface area contributed by atoms with E-state index in [-0.39, 0.29) is 5.56 Å². The number of nitrogens with zero attached hydrogens (tertiary/aromatic N) is 2. The maximum absolute atomic E-state index is 10.8. The van der Waals surface area contributed by atoms with Gasteiger partial charge in [0, 0.05) is 25.0 Å². The quantitative estimate of drug-likeness (QED) is 0.916. The number of hydrogen-bond donors (Lipinski definition) is 1. The van der Waals surface area contributed by atoms with Crippen LogP contribution in [-0.4, -0.2) is 40.7 Å². The number of aromatic carboxylic acids is 1. The largest absolute Gasteiger partial charge is 0.478 e. The Morgan fingerprint density at radius 2 is 2.47 bits per heavy atom. The lowest BCUT2D eigenvalue weighted by Gasteiger charge is -2.25. The SMILES string of the molecule is CN(c1ncc(C(=O)O)cc1Cl)C1CCSC1. The number of aromatic nitrogens is 1. The normalized spacial score (nSPS) is 19.3. The first-order chi connectivity index (χ1) is 8.09. The van der Waals surface area contributed by atoms with Crippen LogP contribution in [0.25, 0.3) is 0 Å². The first kappa shape index (κ1) is 12.5. The maximum atomic E-state index is 10.8. The van der Waals surface area contributed by atoms with Gasteiger partial charge in [-0.3, -0.25) is 0 Å². The highest BCUT2D eigenvalue weighted by Crippen LogP contribution is 2.29. The Labute approximate surface area is 109 Å². The number of carboxylic acid groups (broad SMARTS) is 1. The molecule has 1 aromatic rings. The first-order valence-electron chi connectivity index (χ1n) is 5.29. The van der Waals surface area contributed by atoms with Gasteiger partial charge in [0.15, 0.2) is 0 Å². The lowest BCUT2D eigenvalue weighted by atomic mass is 10.2. The Hall–Kier alpha value is -0.940. The minimum absolute atomic E-state index is 0.118. The molecule has 1 atom stereocenters. The minimum atomic E-state index is -1.01. The zero-order valence-corrected chi connectivity index (χ0v) is 11.0. The highest BCUT2D eigenvalue weighted by Gasteiger charge is 2.23. The third-order valence-corrected chi connectivity index (χ3v) is 4.28. The number of pyridine rings is 1. The van der Waals surface area contributed by atoms with Crippen molar-refractivity contribution in [3.05, 3.63) is 22.8 Å². The van der Waals surface area contributed by atoms with Gasteiger partial charge in [-0.1, -0.05) is 11.6 Å². The van der Waals surface area contributed by atoms with Crippen LogP contribution in [0.3, 0.4) is 0 Å². The van der Waals surface area contributed by atoms with Crippen molar-refractivity contribution in [2.45, 2.75) is 12.5 Å². The van der Waals surface area contributed by atoms with Gasteiger partial charge in [-0.25, -0.2) is 9.78 Å². The number of hydrogen-bond acceptors (Lipinski definition) is 4. The van der Waals surface area contributed by atoms with Crippen LogP contribution in [0.5, 0.6) is 0 Å². The average Bonchev–Trinajstić information content (AvgIpc) is 2.81. The Kier molecular flexibility index (Phi) is 3.79. The summed E-state index contributed by atoms with van der Waals surface area (Å²) in [6.45, 7) is 0. The maximum Gasteiger partial charge on any atom is 0.337 e. The van der Waals surface area contributed by atoms with E-state index in [9.17, 15) is 4.79 Å². The fourth-order valence-corrected chi connectivity index (χ4v) is 3.38. The minimum Gasteiger partial charge on any atom is -0.478 e. The van der Waals surface area contributed by atoms with Crippen molar-refractivity contribution in [2.75, 3.05) is 23.5 Å². The second-order valence-corrected chi connectivity index (χ2v) is 5.52. The van der Waals surface area contributed by atoms with Gasteiger partial charge in [-0.15, -0.1) is 0 Å². The van der Waals surface area contributed by atoms with Gasteiger partial charge in [0.25, 0.3) is 0 Å². The summed E-state index contributed by atoms with van der Waals surface area (Å²) in [6.07, 6.45) is 2.46. The van der Waals surface area contributed by atoms with Crippen LogP contribution in [-0.2, 0) is 0 Å². The highest BCUT2D eigenvalue weighted by atomic mass is 35.5. The van der Waals surface area contributed by atoms with E-state index < -0.39 is 5.97 Å². The van der Waals surface area contributed by atoms with E-state index in [1.54, 1.807) is 0 Å². The first-order valence-corrected chi connectivity index (χ1v) is 6.82. The molecule has 17 heavy (non-hydrogen) atoms. The number of anilines is 1. The van der Waals surface area contributed by atoms with Gasteiger partial charge in [0.2, 0.25) is 0 Å². The molecule has 1 aliphatic rings. The molecule has 4 nitrogen and oxygen atoms in total. The van der Waals surface area contributed by atoms with Gasteiger partial charge >= 0.3 is 5.97 Å². The van der Waals surface area contributed by atoms with E-state index in [4.69, 9.17) is 16.7 Å². The van der Waals surface area contributed by atoms with Gasteiger partial charge in [-0.2, -0.15) is 11.8 Å². The van der Waals surface area contributed by atoms with Crippen LogP contribution in [0.4, 0.5) is 5.82 Å². The summed E-state index contributed by atoms with van der Waals surface area (Å²) >= 11 is 7.98.